The van der Waals surface area contributed by atoms with Crippen LogP contribution in [-0.2, 0) is 11.2 Å². The average Bonchev–Trinajstić information content (AvgIpc) is 3.30. The van der Waals surface area contributed by atoms with Crippen LogP contribution in [0.4, 0.5) is 0 Å². The van der Waals surface area contributed by atoms with E-state index < -0.39 is 0 Å². The third-order valence-electron chi connectivity index (χ3n) is 4.85. The highest BCUT2D eigenvalue weighted by Gasteiger charge is 2.31. The van der Waals surface area contributed by atoms with Gasteiger partial charge in [0.2, 0.25) is 5.89 Å². The molecule has 1 aliphatic heterocycles. The Morgan fingerprint density at radius 1 is 1.24 bits per heavy atom. The first-order valence-corrected chi connectivity index (χ1v) is 9.33. The Hall–Kier alpha value is -1.66. The van der Waals surface area contributed by atoms with Gasteiger partial charge in [-0.1, -0.05) is 19.0 Å². The van der Waals surface area contributed by atoms with Crippen molar-refractivity contribution in [1.29, 1.82) is 0 Å². The van der Waals surface area contributed by atoms with E-state index in [0.29, 0.717) is 17.9 Å². The molecule has 6 heteroatoms. The Morgan fingerprint density at radius 3 is 2.68 bits per heavy atom. The van der Waals surface area contributed by atoms with Gasteiger partial charge in [0.1, 0.15) is 5.76 Å². The third-order valence-corrected chi connectivity index (χ3v) is 4.85. The number of nitrogens with one attached hydrogen (secondary N) is 1. The first-order chi connectivity index (χ1) is 12.1. The van der Waals surface area contributed by atoms with Gasteiger partial charge < -0.3 is 19.0 Å². The van der Waals surface area contributed by atoms with Crippen LogP contribution in [0.25, 0.3) is 0 Å². The van der Waals surface area contributed by atoms with Gasteiger partial charge in [0, 0.05) is 31.6 Å². The minimum atomic E-state index is 0.0792. The second kappa shape index (κ2) is 8.63. The Balaban J connectivity index is 1.66. The Bertz CT molecular complexity index is 618. The van der Waals surface area contributed by atoms with Crippen LogP contribution in [0, 0.1) is 5.92 Å². The predicted octanol–water partition coefficient (Wildman–Crippen LogP) is 3.86. The predicted molar refractivity (Wildman–Crippen MR) is 94.3 cm³/mol. The molecule has 0 spiro atoms. The molecule has 1 fully saturated rings. The number of ether oxygens (including phenoxy) is 1. The van der Waals surface area contributed by atoms with Crippen LogP contribution >= 0.6 is 0 Å². The van der Waals surface area contributed by atoms with Crippen molar-refractivity contribution in [3.05, 3.63) is 35.9 Å². The summed E-state index contributed by atoms with van der Waals surface area (Å²) in [6, 6.07) is 4.36. The lowest BCUT2D eigenvalue weighted by Crippen LogP contribution is -2.37. The Kier molecular flexibility index (Phi) is 6.26. The second-order valence-electron chi connectivity index (χ2n) is 7.26. The summed E-state index contributed by atoms with van der Waals surface area (Å²) < 4.78 is 16.6. The van der Waals surface area contributed by atoms with E-state index in [1.807, 2.05) is 12.1 Å². The number of aryl methyl sites for hydroxylation is 1. The van der Waals surface area contributed by atoms with Crippen molar-refractivity contribution in [2.75, 3.05) is 13.2 Å². The molecular formula is C19H29N3O3. The molecule has 138 valence electrons. The first-order valence-electron chi connectivity index (χ1n) is 9.33. The lowest BCUT2D eigenvalue weighted by atomic mass is 9.90. The van der Waals surface area contributed by atoms with Crippen molar-refractivity contribution in [2.45, 2.75) is 64.5 Å². The normalized spacial score (nSPS) is 18.6. The number of furan rings is 1. The highest BCUT2D eigenvalue weighted by molar-refractivity contribution is 5.01. The molecule has 3 rings (SSSR count). The standard InChI is InChI=1S/C19H29N3O3/c1-13(2)18-21-19(25-22-18)17(15-8-11-23-12-9-15)20-14(3)6-7-16-5-4-10-24-16/h4-5,10,13-15,17,20H,6-9,11-12H2,1-3H3. The van der Waals surface area contributed by atoms with Gasteiger partial charge in [-0.3, -0.25) is 0 Å². The topological polar surface area (TPSA) is 73.3 Å². The van der Waals surface area contributed by atoms with Gasteiger partial charge >= 0.3 is 0 Å². The molecule has 0 aliphatic carbocycles. The molecule has 2 aromatic heterocycles. The maximum absolute atomic E-state index is 5.61. The molecule has 1 saturated heterocycles. The monoisotopic (exact) mass is 347 g/mol. The van der Waals surface area contributed by atoms with Crippen LogP contribution in [0.3, 0.4) is 0 Å². The van der Waals surface area contributed by atoms with Crippen molar-refractivity contribution < 1.29 is 13.7 Å². The van der Waals surface area contributed by atoms with Crippen LogP contribution in [0.1, 0.15) is 69.5 Å². The minimum Gasteiger partial charge on any atom is -0.469 e. The average molecular weight is 347 g/mol. The smallest absolute Gasteiger partial charge is 0.244 e. The van der Waals surface area contributed by atoms with Gasteiger partial charge in [-0.15, -0.1) is 0 Å². The van der Waals surface area contributed by atoms with Gasteiger partial charge in [0.25, 0.3) is 0 Å². The largest absolute Gasteiger partial charge is 0.469 e. The van der Waals surface area contributed by atoms with E-state index in [1.165, 1.54) is 0 Å². The Labute approximate surface area is 149 Å². The SMILES string of the molecule is CC(CCc1ccco1)NC(c1nc(C(C)C)no1)C1CCOCC1. The number of aromatic nitrogens is 2. The quantitative estimate of drug-likeness (QED) is 0.781. The molecule has 1 aliphatic rings. The van der Waals surface area contributed by atoms with Crippen molar-refractivity contribution in [3.63, 3.8) is 0 Å². The molecule has 2 atom stereocenters. The van der Waals surface area contributed by atoms with Crippen LogP contribution in [0.5, 0.6) is 0 Å². The lowest BCUT2D eigenvalue weighted by molar-refractivity contribution is 0.0469. The fourth-order valence-electron chi connectivity index (χ4n) is 3.27. The zero-order valence-corrected chi connectivity index (χ0v) is 15.4. The summed E-state index contributed by atoms with van der Waals surface area (Å²) in [6.45, 7) is 7.97. The fraction of sp³-hybridized carbons (Fsp3) is 0.684. The number of hydrogen-bond donors (Lipinski definition) is 1. The second-order valence-corrected chi connectivity index (χ2v) is 7.26. The highest BCUT2D eigenvalue weighted by atomic mass is 16.5. The van der Waals surface area contributed by atoms with E-state index in [4.69, 9.17) is 13.7 Å². The molecular weight excluding hydrogens is 318 g/mol. The van der Waals surface area contributed by atoms with Gasteiger partial charge in [-0.25, -0.2) is 0 Å². The molecule has 0 amide bonds. The van der Waals surface area contributed by atoms with Crippen LogP contribution in [0.15, 0.2) is 27.3 Å². The summed E-state index contributed by atoms with van der Waals surface area (Å²) in [6.07, 6.45) is 5.68. The molecule has 0 radical (unpaired) electrons. The van der Waals surface area contributed by atoms with Crippen molar-refractivity contribution in [2.24, 2.45) is 5.92 Å². The highest BCUT2D eigenvalue weighted by Crippen LogP contribution is 2.30. The van der Waals surface area contributed by atoms with Gasteiger partial charge in [0.15, 0.2) is 5.82 Å². The van der Waals surface area contributed by atoms with Gasteiger partial charge in [-0.2, -0.15) is 4.98 Å². The first kappa shape index (κ1) is 18.1. The zero-order chi connectivity index (χ0) is 17.6. The van der Waals surface area contributed by atoms with E-state index in [2.05, 4.69) is 36.2 Å². The number of hydrogen-bond acceptors (Lipinski definition) is 6. The van der Waals surface area contributed by atoms with E-state index in [1.54, 1.807) is 6.26 Å². The summed E-state index contributed by atoms with van der Waals surface area (Å²) in [7, 11) is 0. The summed E-state index contributed by atoms with van der Waals surface area (Å²) in [4.78, 5) is 4.65. The van der Waals surface area contributed by atoms with Crippen LogP contribution < -0.4 is 5.32 Å². The maximum atomic E-state index is 5.61. The zero-order valence-electron chi connectivity index (χ0n) is 15.4. The maximum Gasteiger partial charge on any atom is 0.244 e. The molecule has 2 aromatic rings. The molecule has 6 nitrogen and oxygen atoms in total. The fourth-order valence-corrected chi connectivity index (χ4v) is 3.27. The van der Waals surface area contributed by atoms with Crippen molar-refractivity contribution in [1.82, 2.24) is 15.5 Å². The molecule has 2 unspecified atom stereocenters. The number of nitrogens with zero attached hydrogens (tertiary/aromatic N) is 2. The lowest BCUT2D eigenvalue weighted by Gasteiger charge is -2.30. The van der Waals surface area contributed by atoms with Crippen molar-refractivity contribution in [3.8, 4) is 0 Å². The third kappa shape index (κ3) is 4.92. The van der Waals surface area contributed by atoms with E-state index in [-0.39, 0.29) is 12.0 Å². The Morgan fingerprint density at radius 2 is 2.04 bits per heavy atom. The summed E-state index contributed by atoms with van der Waals surface area (Å²) >= 11 is 0. The van der Waals surface area contributed by atoms with E-state index in [9.17, 15) is 0 Å². The van der Waals surface area contributed by atoms with Gasteiger partial charge in [-0.05, 0) is 44.2 Å². The molecule has 0 aromatic carbocycles. The summed E-state index contributed by atoms with van der Waals surface area (Å²) in [5.41, 5.74) is 0. The van der Waals surface area contributed by atoms with Crippen molar-refractivity contribution >= 4 is 0 Å². The van der Waals surface area contributed by atoms with E-state index in [0.717, 1.165) is 50.5 Å². The molecule has 3 heterocycles. The molecule has 0 saturated carbocycles. The van der Waals surface area contributed by atoms with Crippen LogP contribution in [-0.4, -0.2) is 29.4 Å². The van der Waals surface area contributed by atoms with Crippen LogP contribution in [0.2, 0.25) is 0 Å². The molecule has 1 N–H and O–H groups in total. The number of rotatable bonds is 8. The molecule has 25 heavy (non-hydrogen) atoms. The molecule has 0 bridgehead atoms. The van der Waals surface area contributed by atoms with E-state index >= 15 is 0 Å². The van der Waals surface area contributed by atoms with Gasteiger partial charge in [0.05, 0.1) is 12.3 Å². The summed E-state index contributed by atoms with van der Waals surface area (Å²) in [5, 5.41) is 7.88. The minimum absolute atomic E-state index is 0.0792. The summed E-state index contributed by atoms with van der Waals surface area (Å²) in [5.74, 6) is 3.23.